The van der Waals surface area contributed by atoms with Crippen LogP contribution >= 0.6 is 0 Å². The number of morpholine rings is 3. The third kappa shape index (κ3) is 30.5. The van der Waals surface area contributed by atoms with Gasteiger partial charge in [0.25, 0.3) is 0 Å². The van der Waals surface area contributed by atoms with Crippen molar-refractivity contribution in [1.29, 1.82) is 0 Å². The summed E-state index contributed by atoms with van der Waals surface area (Å²) in [4.78, 5) is 14.7. The fourth-order valence-electron chi connectivity index (χ4n) is 13.6. The van der Waals surface area contributed by atoms with Gasteiger partial charge in [0, 0.05) is 124 Å². The van der Waals surface area contributed by atoms with E-state index in [4.69, 9.17) is 62.7 Å². The average molecular weight is 1580 g/mol. The fraction of sp³-hybridized carbons (Fsp3) is 0.337. The first kappa shape index (κ1) is 93.1. The van der Waals surface area contributed by atoms with E-state index in [1.165, 1.54) is 33.9 Å². The highest BCUT2D eigenvalue weighted by atomic mass is 16.6. The number of carbonyl (C=O) groups excluding carboxylic acids is 1. The number of fused-ring (bicyclic) bond motifs is 3. The summed E-state index contributed by atoms with van der Waals surface area (Å²) in [5, 5.41) is 58.0. The largest absolute Gasteiger partial charge is 0.508 e. The molecule has 617 valence electrons. The van der Waals surface area contributed by atoms with Gasteiger partial charge in [0.05, 0.1) is 86.4 Å². The van der Waals surface area contributed by atoms with Gasteiger partial charge in [0.2, 0.25) is 0 Å². The van der Waals surface area contributed by atoms with Crippen LogP contribution in [0.25, 0.3) is 6.08 Å². The molecule has 3 radical (unpaired) electrons. The number of carbonyl (C=O) groups is 1. The number of allylic oxidation sites excluding steroid dienone is 1. The summed E-state index contributed by atoms with van der Waals surface area (Å²) in [5.41, 5.74) is 14.4. The highest BCUT2D eigenvalue weighted by molar-refractivity contribution is 5.75. The van der Waals surface area contributed by atoms with E-state index >= 15 is 0 Å². The van der Waals surface area contributed by atoms with Crippen molar-refractivity contribution in [3.8, 4) is 34.5 Å². The second-order valence-corrected chi connectivity index (χ2v) is 27.5. The van der Waals surface area contributed by atoms with E-state index in [-0.39, 0.29) is 67.1 Å². The summed E-state index contributed by atoms with van der Waals surface area (Å²) in [5.74, 6) is 4.76. The monoisotopic (exact) mass is 1580 g/mol. The molecule has 21 heteroatoms. The third-order valence-corrected chi connectivity index (χ3v) is 19.5. The number of ether oxygens (including phenoxy) is 10. The Hall–Kier alpha value is -10.0. The van der Waals surface area contributed by atoms with Crippen LogP contribution in [0, 0.1) is 0 Å². The molecule has 116 heavy (non-hydrogen) atoms. The second-order valence-electron chi connectivity index (χ2n) is 27.5. The number of phenolic OH excluding ortho intramolecular Hbond substituents is 2. The smallest absolute Gasteiger partial charge is 0.198 e. The van der Waals surface area contributed by atoms with Crippen molar-refractivity contribution in [3.05, 3.63) is 327 Å². The molecule has 0 amide bonds. The number of nitrogens with one attached hydrogen (secondary N) is 1. The highest BCUT2D eigenvalue weighted by Crippen LogP contribution is 2.45. The first-order chi connectivity index (χ1) is 55.9. The number of benzene rings is 10. The molecule has 20 nitrogen and oxygen atoms in total. The molecule has 6 atom stereocenters. The number of rotatable bonds is 17. The predicted octanol–water partition coefficient (Wildman–Crippen LogP) is 14.8. The number of aliphatic hydroxyl groups excluding tert-OH is 4. The molecule has 3 fully saturated rings. The molecular weight excluding hydrogens is 1470 g/mol. The summed E-state index contributed by atoms with van der Waals surface area (Å²) in [6.45, 7) is 12.6. The number of methoxy groups -OCH3 is 4. The minimum atomic E-state index is -0.780. The third-order valence-electron chi connectivity index (χ3n) is 19.5. The van der Waals surface area contributed by atoms with Crippen molar-refractivity contribution in [2.45, 2.75) is 103 Å². The highest BCUT2D eigenvalue weighted by Gasteiger charge is 2.36. The SMILES string of the molecule is C.C1COCCN1.COCc1ccc(O)cc1.COCc1ccc(OC)cc1.COCc1ccc2c(c1)C(c1ccccc1)CC(N1CCOCC1)O2.O=C/C=C/c1ccccc1.OCc1ccc(O)cc1.OCc1ccc2c(c1)C(c1ccccc1)CC(N1CCOCC1)O2.OCc1ccc2c(c1)C(c1ccccc1)CC(O)O2.[2HH].[B]. The minimum absolute atomic E-state index is 0. The lowest BCUT2D eigenvalue weighted by Gasteiger charge is -2.40. The van der Waals surface area contributed by atoms with Gasteiger partial charge in [-0.3, -0.25) is 14.6 Å². The number of phenols is 2. The first-order valence-electron chi connectivity index (χ1n) is 38.7. The topological polar surface area (TPSA) is 249 Å². The van der Waals surface area contributed by atoms with Crippen LogP contribution in [0.3, 0.4) is 0 Å². The Morgan fingerprint density at radius 3 is 1.14 bits per heavy atom. The lowest BCUT2D eigenvalue weighted by Crippen LogP contribution is -2.48. The molecule has 0 aromatic heterocycles. The van der Waals surface area contributed by atoms with Crippen LogP contribution in [0.5, 0.6) is 34.5 Å². The molecule has 3 saturated heterocycles. The van der Waals surface area contributed by atoms with Crippen LogP contribution < -0.4 is 24.3 Å². The maximum Gasteiger partial charge on any atom is 0.198 e. The predicted molar refractivity (Wildman–Crippen MR) is 457 cm³/mol. The van der Waals surface area contributed by atoms with E-state index in [0.29, 0.717) is 43.7 Å². The van der Waals surface area contributed by atoms with E-state index < -0.39 is 6.29 Å². The number of hydrogen-bond donors (Lipinski definition) is 7. The van der Waals surface area contributed by atoms with Gasteiger partial charge < -0.3 is 83.3 Å². The first-order valence-corrected chi connectivity index (χ1v) is 38.7. The number of hydrogen-bond acceptors (Lipinski definition) is 20. The molecule has 6 aliphatic rings. The van der Waals surface area contributed by atoms with E-state index in [2.05, 4.69) is 106 Å². The zero-order chi connectivity index (χ0) is 80.3. The van der Waals surface area contributed by atoms with Crippen molar-refractivity contribution in [3.63, 3.8) is 0 Å². The zero-order valence-electron chi connectivity index (χ0n) is 66.4. The molecule has 0 saturated carbocycles. The Kier molecular flexibility index (Phi) is 42.2. The molecular formula is C95H117BN3O17. The Bertz CT molecular complexity index is 4330. The van der Waals surface area contributed by atoms with Crippen LogP contribution in [-0.4, -0.2) is 181 Å². The van der Waals surface area contributed by atoms with Crippen LogP contribution in [-0.2, 0) is 72.9 Å². The molecule has 0 spiro atoms. The fourth-order valence-corrected chi connectivity index (χ4v) is 13.6. The standard InChI is InChI=1S/C21H25NO3.C20H23NO3.C16H16O3.C9H12O2.C9H8O.C8H10O2.C7H8O2.C4H9NO.CH4.B.H2/c1-23-15-16-7-8-20-19(13-16)18(17-5-3-2-4-6-17)14-21(25-20)22-9-11-24-12-10-22;22-14-15-6-7-19-18(12-15)17(16-4-2-1-3-5-16)13-20(24-19)21-8-10-23-11-9-21;17-10-11-6-7-15-14(8-11)13(9-16(18)19-15)12-4-2-1-3-5-12;1-10-7-8-3-5-9(11-2)6-4-8;10-8-4-7-9-5-2-1-3-6-9;1-10-6-7-2-4-8(9)5-3-7;8-5-6-1-3-7(9)4-2-6;1-3-6-4-2-5-1;;;/h2-8,13,18,21H,9-12,14-15H2,1H3;1-7,12,17,20,22H,8-11,13-14H2;1-8,13,16-18H,9-10H2;3-6H,7H2,1-2H3;1-8H;2-5,9H,6H2,1H3;1-4,8-9H,5H2;5H,1-4H2;1H4;;1H/b;;;;7-4+;;;;;;/i;;;;;;;;;;1+1. The maximum absolute atomic E-state index is 9.89. The van der Waals surface area contributed by atoms with E-state index in [1.807, 2.05) is 121 Å². The average Bonchev–Trinajstić information content (AvgIpc) is 0.802. The van der Waals surface area contributed by atoms with Gasteiger partial charge in [-0.25, -0.2) is 0 Å². The molecule has 6 unspecified atom stereocenters. The molecule has 6 aliphatic heterocycles. The number of aromatic hydroxyl groups is 2. The Balaban J connectivity index is 0.000000216. The molecule has 0 aliphatic carbocycles. The molecule has 10 aromatic rings. The maximum atomic E-state index is 9.89. The molecule has 7 N–H and O–H groups in total. The van der Waals surface area contributed by atoms with Crippen molar-refractivity contribution >= 4 is 20.8 Å². The van der Waals surface area contributed by atoms with Crippen LogP contribution in [0.15, 0.2) is 255 Å². The Morgan fingerprint density at radius 1 is 0.422 bits per heavy atom. The van der Waals surface area contributed by atoms with Gasteiger partial charge in [-0.1, -0.05) is 189 Å². The molecule has 10 aromatic carbocycles. The normalized spacial score (nSPS) is 18.2. The van der Waals surface area contributed by atoms with Gasteiger partial charge in [-0.05, 0) is 135 Å². The van der Waals surface area contributed by atoms with Gasteiger partial charge >= 0.3 is 0 Å². The van der Waals surface area contributed by atoms with Crippen molar-refractivity contribution < 1.29 is 84.2 Å². The van der Waals surface area contributed by atoms with Crippen LogP contribution in [0.1, 0.15) is 118 Å². The van der Waals surface area contributed by atoms with Crippen LogP contribution in [0.4, 0.5) is 0 Å². The lowest BCUT2D eigenvalue weighted by atomic mass is 9.84. The number of aliphatic hydroxyl groups is 4. The van der Waals surface area contributed by atoms with Gasteiger partial charge in [-0.2, -0.15) is 0 Å². The van der Waals surface area contributed by atoms with E-state index in [0.717, 1.165) is 160 Å². The van der Waals surface area contributed by atoms with Crippen molar-refractivity contribution in [2.24, 2.45) is 0 Å². The summed E-state index contributed by atoms with van der Waals surface area (Å²) >= 11 is 0. The minimum Gasteiger partial charge on any atom is -0.508 e. The molecule has 16 rings (SSSR count). The quantitative estimate of drug-likeness (QED) is 0.0254. The summed E-state index contributed by atoms with van der Waals surface area (Å²) in [6, 6.07) is 80.4. The lowest BCUT2D eigenvalue weighted by molar-refractivity contribution is -0.104. The van der Waals surface area contributed by atoms with Crippen molar-refractivity contribution in [1.82, 2.24) is 15.1 Å². The Labute approximate surface area is 688 Å². The Morgan fingerprint density at radius 2 is 0.767 bits per heavy atom. The molecule has 6 heterocycles. The summed E-state index contributed by atoms with van der Waals surface area (Å²) < 4.78 is 54.3. The van der Waals surface area contributed by atoms with E-state index in [9.17, 15) is 20.1 Å². The summed E-state index contributed by atoms with van der Waals surface area (Å²) in [7, 11) is 6.72. The number of aldehydes is 1. The van der Waals surface area contributed by atoms with Gasteiger partial charge in [0.15, 0.2) is 18.7 Å². The van der Waals surface area contributed by atoms with Crippen molar-refractivity contribution in [2.75, 3.05) is 107 Å². The summed E-state index contributed by atoms with van der Waals surface area (Å²) in [6.07, 6.45) is 5.85. The van der Waals surface area contributed by atoms with Gasteiger partial charge in [-0.15, -0.1) is 0 Å². The van der Waals surface area contributed by atoms with Crippen LogP contribution in [0.2, 0.25) is 0 Å². The zero-order valence-corrected chi connectivity index (χ0v) is 66.4. The molecule has 0 bridgehead atoms. The van der Waals surface area contributed by atoms with Gasteiger partial charge in [0.1, 0.15) is 40.8 Å². The number of nitrogens with zero attached hydrogens (tertiary/aromatic N) is 2. The second kappa shape index (κ2) is 52.5. The van der Waals surface area contributed by atoms with E-state index in [1.54, 1.807) is 70.9 Å².